The Bertz CT molecular complexity index is 764. The van der Waals surface area contributed by atoms with E-state index < -0.39 is 0 Å². The number of fused-ring (bicyclic) bond motifs is 1. The Hall–Kier alpha value is -2.07. The number of nitrogens with zero attached hydrogens (tertiary/aromatic N) is 1. The van der Waals surface area contributed by atoms with Crippen LogP contribution in [0.5, 0.6) is 5.75 Å². The Morgan fingerprint density at radius 1 is 1.20 bits per heavy atom. The van der Waals surface area contributed by atoms with E-state index in [9.17, 15) is 0 Å². The third kappa shape index (κ3) is 2.34. The highest BCUT2D eigenvalue weighted by Crippen LogP contribution is 2.35. The number of ether oxygens (including phenoxy) is 1. The van der Waals surface area contributed by atoms with Gasteiger partial charge < -0.3 is 10.5 Å². The lowest BCUT2D eigenvalue weighted by molar-refractivity contribution is 0.341. The molecule has 0 atom stereocenters. The maximum atomic E-state index is 6.06. The highest BCUT2D eigenvalue weighted by molar-refractivity contribution is 7.21. The van der Waals surface area contributed by atoms with Gasteiger partial charge in [0.2, 0.25) is 0 Å². The summed E-state index contributed by atoms with van der Waals surface area (Å²) in [4.78, 5) is 4.67. The molecule has 0 fully saturated rings. The van der Waals surface area contributed by atoms with Crippen LogP contribution in [0, 0.1) is 6.92 Å². The van der Waals surface area contributed by atoms with Crippen LogP contribution in [0.1, 0.15) is 12.5 Å². The van der Waals surface area contributed by atoms with E-state index in [1.54, 1.807) is 11.3 Å². The van der Waals surface area contributed by atoms with Gasteiger partial charge in [-0.25, -0.2) is 4.98 Å². The molecule has 3 nitrogen and oxygen atoms in total. The fraction of sp³-hybridized carbons (Fsp3) is 0.188. The lowest BCUT2D eigenvalue weighted by atomic mass is 10.1. The predicted octanol–water partition coefficient (Wildman–Crippen LogP) is 4.25. The van der Waals surface area contributed by atoms with Crippen LogP contribution >= 0.6 is 11.3 Å². The Morgan fingerprint density at radius 2 is 2.05 bits per heavy atom. The van der Waals surface area contributed by atoms with E-state index in [1.165, 1.54) is 5.56 Å². The zero-order chi connectivity index (χ0) is 14.1. The summed E-state index contributed by atoms with van der Waals surface area (Å²) < 4.78 is 6.64. The first-order valence-corrected chi connectivity index (χ1v) is 7.39. The Labute approximate surface area is 122 Å². The zero-order valence-electron chi connectivity index (χ0n) is 11.5. The summed E-state index contributed by atoms with van der Waals surface area (Å²) in [6.45, 7) is 4.71. The van der Waals surface area contributed by atoms with E-state index in [1.807, 2.05) is 37.3 Å². The molecule has 3 aromatic rings. The summed E-state index contributed by atoms with van der Waals surface area (Å²) in [7, 11) is 0. The highest BCUT2D eigenvalue weighted by Gasteiger charge is 2.10. The maximum absolute atomic E-state index is 6.06. The zero-order valence-corrected chi connectivity index (χ0v) is 12.3. The molecule has 0 saturated carbocycles. The Kier molecular flexibility index (Phi) is 3.32. The monoisotopic (exact) mass is 284 g/mol. The minimum absolute atomic E-state index is 0.669. The molecule has 2 aromatic carbocycles. The topological polar surface area (TPSA) is 48.1 Å². The highest BCUT2D eigenvalue weighted by atomic mass is 32.1. The summed E-state index contributed by atoms with van der Waals surface area (Å²) >= 11 is 1.64. The number of nitrogen functional groups attached to an aromatic ring is 1. The van der Waals surface area contributed by atoms with Crippen molar-refractivity contribution < 1.29 is 4.74 Å². The van der Waals surface area contributed by atoms with Gasteiger partial charge in [-0.3, -0.25) is 0 Å². The van der Waals surface area contributed by atoms with Crippen molar-refractivity contribution in [1.82, 2.24) is 4.98 Å². The molecular weight excluding hydrogens is 268 g/mol. The lowest BCUT2D eigenvalue weighted by Gasteiger charge is -2.02. The van der Waals surface area contributed by atoms with Crippen molar-refractivity contribution in [3.05, 3.63) is 42.0 Å². The molecule has 0 aliphatic rings. The first-order valence-electron chi connectivity index (χ1n) is 6.57. The van der Waals surface area contributed by atoms with E-state index in [0.717, 1.165) is 32.2 Å². The fourth-order valence-corrected chi connectivity index (χ4v) is 3.16. The normalized spacial score (nSPS) is 10.9. The number of aryl methyl sites for hydroxylation is 1. The van der Waals surface area contributed by atoms with Crippen molar-refractivity contribution in [3.8, 4) is 16.3 Å². The summed E-state index contributed by atoms with van der Waals surface area (Å²) in [5.74, 6) is 0.882. The molecule has 0 aliphatic heterocycles. The molecule has 2 N–H and O–H groups in total. The van der Waals surface area contributed by atoms with E-state index in [-0.39, 0.29) is 0 Å². The molecule has 1 heterocycles. The minimum Gasteiger partial charge on any atom is -0.494 e. The van der Waals surface area contributed by atoms with Crippen LogP contribution in [0.2, 0.25) is 0 Å². The molecule has 0 amide bonds. The second kappa shape index (κ2) is 5.13. The van der Waals surface area contributed by atoms with Crippen LogP contribution in [0.15, 0.2) is 36.4 Å². The van der Waals surface area contributed by atoms with E-state index in [2.05, 4.69) is 18.0 Å². The van der Waals surface area contributed by atoms with E-state index >= 15 is 0 Å². The van der Waals surface area contributed by atoms with Gasteiger partial charge >= 0.3 is 0 Å². The van der Waals surface area contributed by atoms with Crippen LogP contribution in [-0.4, -0.2) is 11.6 Å². The fourth-order valence-electron chi connectivity index (χ4n) is 2.13. The first kappa shape index (κ1) is 12.9. The molecule has 1 aromatic heterocycles. The number of thiazole rings is 1. The smallest absolute Gasteiger partial charge is 0.126 e. The maximum Gasteiger partial charge on any atom is 0.126 e. The summed E-state index contributed by atoms with van der Waals surface area (Å²) in [5, 5.41) is 0.954. The average molecular weight is 284 g/mol. The average Bonchev–Trinajstić information content (AvgIpc) is 2.85. The first-order chi connectivity index (χ1) is 9.67. The van der Waals surface area contributed by atoms with Gasteiger partial charge in [0, 0.05) is 11.3 Å². The number of rotatable bonds is 3. The summed E-state index contributed by atoms with van der Waals surface area (Å²) in [6.07, 6.45) is 0. The standard InChI is InChI=1S/C16H16N2OS/c1-3-19-11-5-7-14-15(9-11)20-16(18-14)12-8-10(2)4-6-13(12)17/h4-9H,3,17H2,1-2H3. The Balaban J connectivity index is 2.10. The van der Waals surface area contributed by atoms with Crippen molar-refractivity contribution in [3.63, 3.8) is 0 Å². The van der Waals surface area contributed by atoms with E-state index in [0.29, 0.717) is 6.61 Å². The molecule has 0 bridgehead atoms. The third-order valence-electron chi connectivity index (χ3n) is 3.11. The Morgan fingerprint density at radius 3 is 2.85 bits per heavy atom. The van der Waals surface area contributed by atoms with Crippen molar-refractivity contribution in [2.45, 2.75) is 13.8 Å². The summed E-state index contributed by atoms with van der Waals surface area (Å²) in [5.41, 5.74) is 9.99. The van der Waals surface area contributed by atoms with Crippen LogP contribution in [0.25, 0.3) is 20.8 Å². The van der Waals surface area contributed by atoms with Gasteiger partial charge in [-0.1, -0.05) is 11.6 Å². The second-order valence-corrected chi connectivity index (χ2v) is 5.70. The van der Waals surface area contributed by atoms with Crippen molar-refractivity contribution in [1.29, 1.82) is 0 Å². The molecule has 0 spiro atoms. The quantitative estimate of drug-likeness (QED) is 0.731. The molecule has 102 valence electrons. The van der Waals surface area contributed by atoms with Crippen LogP contribution < -0.4 is 10.5 Å². The second-order valence-electron chi connectivity index (χ2n) is 4.67. The van der Waals surface area contributed by atoms with Gasteiger partial charge in [0.05, 0.1) is 16.8 Å². The van der Waals surface area contributed by atoms with Crippen LogP contribution in [-0.2, 0) is 0 Å². The van der Waals surface area contributed by atoms with Gasteiger partial charge in [-0.05, 0) is 44.2 Å². The molecule has 4 heteroatoms. The largest absolute Gasteiger partial charge is 0.494 e. The number of anilines is 1. The number of nitrogens with two attached hydrogens (primary N) is 1. The van der Waals surface area contributed by atoms with Crippen molar-refractivity contribution >= 4 is 27.2 Å². The molecule has 20 heavy (non-hydrogen) atoms. The molecule has 3 rings (SSSR count). The van der Waals surface area contributed by atoms with Crippen LogP contribution in [0.3, 0.4) is 0 Å². The minimum atomic E-state index is 0.669. The summed E-state index contributed by atoms with van der Waals surface area (Å²) in [6, 6.07) is 12.0. The van der Waals surface area contributed by atoms with Gasteiger partial charge in [-0.2, -0.15) is 0 Å². The molecule has 0 radical (unpaired) electrons. The SMILES string of the molecule is CCOc1ccc2nc(-c3cc(C)ccc3N)sc2c1. The number of aromatic nitrogens is 1. The molecular formula is C16H16N2OS. The molecule has 0 saturated heterocycles. The lowest BCUT2D eigenvalue weighted by Crippen LogP contribution is -1.90. The number of hydrogen-bond acceptors (Lipinski definition) is 4. The number of hydrogen-bond donors (Lipinski definition) is 1. The third-order valence-corrected chi connectivity index (χ3v) is 4.16. The van der Waals surface area contributed by atoms with Crippen molar-refractivity contribution in [2.75, 3.05) is 12.3 Å². The molecule has 0 unspecified atom stereocenters. The van der Waals surface area contributed by atoms with Crippen LogP contribution in [0.4, 0.5) is 5.69 Å². The van der Waals surface area contributed by atoms with Gasteiger partial charge in [-0.15, -0.1) is 11.3 Å². The van der Waals surface area contributed by atoms with Crippen molar-refractivity contribution in [2.24, 2.45) is 0 Å². The van der Waals surface area contributed by atoms with Gasteiger partial charge in [0.15, 0.2) is 0 Å². The predicted molar refractivity (Wildman–Crippen MR) is 85.4 cm³/mol. The van der Waals surface area contributed by atoms with Gasteiger partial charge in [0.25, 0.3) is 0 Å². The van der Waals surface area contributed by atoms with Gasteiger partial charge in [0.1, 0.15) is 10.8 Å². The van der Waals surface area contributed by atoms with E-state index in [4.69, 9.17) is 10.5 Å². The number of benzene rings is 2. The molecule has 0 aliphatic carbocycles.